The largest absolute Gasteiger partial charge is 0.507 e. The molecule has 4 rings (SSSR count). The maximum absolute atomic E-state index is 13.3. The molecule has 1 aromatic heterocycles. The second-order valence-corrected chi connectivity index (χ2v) is 9.40. The molecule has 0 spiro atoms. The number of rotatable bonds is 10. The lowest BCUT2D eigenvalue weighted by molar-refractivity contribution is -0.140. The number of ketones is 1. The zero-order chi connectivity index (χ0) is 26.4. The Morgan fingerprint density at radius 3 is 2.46 bits per heavy atom. The van der Waals surface area contributed by atoms with E-state index in [1.807, 2.05) is 37.3 Å². The SMILES string of the molecule is CCCOc1ccc(/C(O)=C2/C(=O)C(=O)N(Cc3ccccn3)C2c2cccc(OCC(C)C)c2)cc1. The molecule has 3 aromatic rings. The predicted octanol–water partition coefficient (Wildman–Crippen LogP) is 5.53. The highest BCUT2D eigenvalue weighted by atomic mass is 16.5. The van der Waals surface area contributed by atoms with E-state index < -0.39 is 17.7 Å². The van der Waals surface area contributed by atoms with Crippen LogP contribution in [0.4, 0.5) is 0 Å². The number of pyridine rings is 1. The van der Waals surface area contributed by atoms with Gasteiger partial charge < -0.3 is 19.5 Å². The van der Waals surface area contributed by atoms with Crippen LogP contribution in [0.3, 0.4) is 0 Å². The molecule has 1 unspecified atom stereocenters. The van der Waals surface area contributed by atoms with Crippen LogP contribution in [-0.4, -0.2) is 39.9 Å². The molecule has 1 amide bonds. The first-order valence-corrected chi connectivity index (χ1v) is 12.5. The summed E-state index contributed by atoms with van der Waals surface area (Å²) in [5.41, 5.74) is 1.76. The number of ether oxygens (including phenoxy) is 2. The van der Waals surface area contributed by atoms with Gasteiger partial charge in [-0.3, -0.25) is 14.6 Å². The Bertz CT molecular complexity index is 1270. The molecule has 7 nitrogen and oxygen atoms in total. The molecule has 0 bridgehead atoms. The van der Waals surface area contributed by atoms with Crippen LogP contribution < -0.4 is 9.47 Å². The van der Waals surface area contributed by atoms with Gasteiger partial charge in [0.2, 0.25) is 0 Å². The van der Waals surface area contributed by atoms with Crippen LogP contribution in [0.5, 0.6) is 11.5 Å². The van der Waals surface area contributed by atoms with Gasteiger partial charge in [0.15, 0.2) is 0 Å². The van der Waals surface area contributed by atoms with Crippen LogP contribution in [-0.2, 0) is 16.1 Å². The summed E-state index contributed by atoms with van der Waals surface area (Å²) >= 11 is 0. The molecule has 1 aliphatic rings. The summed E-state index contributed by atoms with van der Waals surface area (Å²) in [6.07, 6.45) is 2.52. The van der Waals surface area contributed by atoms with Crippen molar-refractivity contribution in [3.8, 4) is 11.5 Å². The molecule has 7 heteroatoms. The van der Waals surface area contributed by atoms with Gasteiger partial charge in [-0.15, -0.1) is 0 Å². The van der Waals surface area contributed by atoms with Gasteiger partial charge in [0.05, 0.1) is 37.1 Å². The van der Waals surface area contributed by atoms with Gasteiger partial charge in [-0.1, -0.05) is 39.0 Å². The Kier molecular flexibility index (Phi) is 8.23. The van der Waals surface area contributed by atoms with Gasteiger partial charge in [-0.25, -0.2) is 0 Å². The summed E-state index contributed by atoms with van der Waals surface area (Å²) in [5.74, 6) is -0.0235. The van der Waals surface area contributed by atoms with Gasteiger partial charge in [0.25, 0.3) is 11.7 Å². The molecule has 0 radical (unpaired) electrons. The zero-order valence-corrected chi connectivity index (χ0v) is 21.4. The molecule has 1 atom stereocenters. The van der Waals surface area contributed by atoms with Gasteiger partial charge in [0.1, 0.15) is 17.3 Å². The number of carbonyl (C=O) groups excluding carboxylic acids is 2. The van der Waals surface area contributed by atoms with E-state index in [0.717, 1.165) is 6.42 Å². The van der Waals surface area contributed by atoms with Gasteiger partial charge in [-0.05, 0) is 66.4 Å². The normalized spacial score (nSPS) is 16.9. The molecular formula is C30H32N2O5. The lowest BCUT2D eigenvalue weighted by atomic mass is 9.95. The molecule has 2 heterocycles. The number of aliphatic hydroxyl groups excluding tert-OH is 1. The number of aromatic nitrogens is 1. The van der Waals surface area contributed by atoms with E-state index in [4.69, 9.17) is 9.47 Å². The topological polar surface area (TPSA) is 89.0 Å². The molecule has 1 aliphatic heterocycles. The molecular weight excluding hydrogens is 468 g/mol. The minimum absolute atomic E-state index is 0.0316. The van der Waals surface area contributed by atoms with Crippen LogP contribution in [0.25, 0.3) is 5.76 Å². The van der Waals surface area contributed by atoms with Crippen molar-refractivity contribution in [2.24, 2.45) is 5.92 Å². The fraction of sp³-hybridized carbons (Fsp3) is 0.300. The van der Waals surface area contributed by atoms with E-state index in [2.05, 4.69) is 18.8 Å². The number of carbonyl (C=O) groups is 2. The minimum Gasteiger partial charge on any atom is -0.507 e. The molecule has 37 heavy (non-hydrogen) atoms. The fourth-order valence-electron chi connectivity index (χ4n) is 4.18. The van der Waals surface area contributed by atoms with E-state index in [-0.39, 0.29) is 17.9 Å². The molecule has 2 aromatic carbocycles. The first-order chi connectivity index (χ1) is 17.9. The van der Waals surface area contributed by atoms with E-state index in [1.54, 1.807) is 42.6 Å². The zero-order valence-electron chi connectivity index (χ0n) is 21.4. The van der Waals surface area contributed by atoms with Crippen molar-refractivity contribution in [1.82, 2.24) is 9.88 Å². The highest BCUT2D eigenvalue weighted by Gasteiger charge is 2.46. The number of aliphatic hydroxyl groups is 1. The fourth-order valence-corrected chi connectivity index (χ4v) is 4.18. The number of Topliss-reactive ketones (excluding diaryl/α,β-unsaturated/α-hetero) is 1. The van der Waals surface area contributed by atoms with Crippen LogP contribution in [0.2, 0.25) is 0 Å². The van der Waals surface area contributed by atoms with Crippen molar-refractivity contribution in [3.63, 3.8) is 0 Å². The van der Waals surface area contributed by atoms with Gasteiger partial charge in [-0.2, -0.15) is 0 Å². The summed E-state index contributed by atoms with van der Waals surface area (Å²) in [7, 11) is 0. The Balaban J connectivity index is 1.77. The average Bonchev–Trinajstić information content (AvgIpc) is 3.16. The molecule has 1 fully saturated rings. The van der Waals surface area contributed by atoms with Crippen molar-refractivity contribution in [1.29, 1.82) is 0 Å². The number of nitrogens with zero attached hydrogens (tertiary/aromatic N) is 2. The Morgan fingerprint density at radius 1 is 1.00 bits per heavy atom. The molecule has 0 saturated carbocycles. The lowest BCUT2D eigenvalue weighted by Gasteiger charge is -2.25. The highest BCUT2D eigenvalue weighted by molar-refractivity contribution is 6.46. The smallest absolute Gasteiger partial charge is 0.296 e. The third kappa shape index (κ3) is 6.00. The highest BCUT2D eigenvalue weighted by Crippen LogP contribution is 2.41. The maximum Gasteiger partial charge on any atom is 0.296 e. The van der Waals surface area contributed by atoms with Crippen molar-refractivity contribution in [2.45, 2.75) is 39.8 Å². The third-order valence-corrected chi connectivity index (χ3v) is 5.96. The Hall–Kier alpha value is -4.13. The summed E-state index contributed by atoms with van der Waals surface area (Å²) in [4.78, 5) is 32.4. The van der Waals surface area contributed by atoms with Crippen LogP contribution in [0.1, 0.15) is 50.1 Å². The third-order valence-electron chi connectivity index (χ3n) is 5.96. The second-order valence-electron chi connectivity index (χ2n) is 9.40. The van der Waals surface area contributed by atoms with E-state index >= 15 is 0 Å². The molecule has 192 valence electrons. The van der Waals surface area contributed by atoms with E-state index in [9.17, 15) is 14.7 Å². The number of hydrogen-bond donors (Lipinski definition) is 1. The summed E-state index contributed by atoms with van der Waals surface area (Å²) in [5, 5.41) is 11.3. The number of benzene rings is 2. The lowest BCUT2D eigenvalue weighted by Crippen LogP contribution is -2.29. The quantitative estimate of drug-likeness (QED) is 0.224. The second kappa shape index (κ2) is 11.7. The van der Waals surface area contributed by atoms with Gasteiger partial charge >= 0.3 is 0 Å². The first kappa shape index (κ1) is 25.9. The Labute approximate surface area is 217 Å². The van der Waals surface area contributed by atoms with Crippen molar-refractivity contribution in [2.75, 3.05) is 13.2 Å². The van der Waals surface area contributed by atoms with Crippen molar-refractivity contribution < 1.29 is 24.2 Å². The summed E-state index contributed by atoms with van der Waals surface area (Å²) < 4.78 is 11.5. The number of hydrogen-bond acceptors (Lipinski definition) is 6. The Morgan fingerprint density at radius 2 is 1.78 bits per heavy atom. The van der Waals surface area contributed by atoms with Crippen molar-refractivity contribution >= 4 is 17.4 Å². The maximum atomic E-state index is 13.3. The standard InChI is InChI=1S/C30H32N2O5/c1-4-16-36-24-13-11-21(12-14-24)28(33)26-27(22-8-7-10-25(17-22)37-19-20(2)3)32(30(35)29(26)34)18-23-9-5-6-15-31-23/h5-15,17,20,27,33H,4,16,18-19H2,1-3H3/b28-26-. The van der Waals surface area contributed by atoms with Crippen LogP contribution in [0, 0.1) is 5.92 Å². The number of likely N-dealkylation sites (tertiary alicyclic amines) is 1. The van der Waals surface area contributed by atoms with E-state index in [1.165, 1.54) is 4.90 Å². The molecule has 0 aliphatic carbocycles. The van der Waals surface area contributed by atoms with Crippen LogP contribution in [0.15, 0.2) is 78.5 Å². The van der Waals surface area contributed by atoms with Crippen LogP contribution >= 0.6 is 0 Å². The summed E-state index contributed by atoms with van der Waals surface area (Å²) in [6, 6.07) is 18.8. The minimum atomic E-state index is -0.805. The molecule has 1 N–H and O–H groups in total. The first-order valence-electron chi connectivity index (χ1n) is 12.5. The van der Waals surface area contributed by atoms with Crippen molar-refractivity contribution in [3.05, 3.63) is 95.3 Å². The molecule has 1 saturated heterocycles. The average molecular weight is 501 g/mol. The van der Waals surface area contributed by atoms with Gasteiger partial charge in [0, 0.05) is 11.8 Å². The predicted molar refractivity (Wildman–Crippen MR) is 141 cm³/mol. The monoisotopic (exact) mass is 500 g/mol. The summed E-state index contributed by atoms with van der Waals surface area (Å²) in [6.45, 7) is 7.37. The van der Waals surface area contributed by atoms with E-state index in [0.29, 0.717) is 47.5 Å². The number of amides is 1.